The first-order chi connectivity index (χ1) is 13.7. The summed E-state index contributed by atoms with van der Waals surface area (Å²) in [5, 5.41) is 3.81. The second kappa shape index (κ2) is 9.05. The van der Waals surface area contributed by atoms with Crippen LogP contribution in [0, 0.1) is 20.8 Å². The zero-order valence-electron chi connectivity index (χ0n) is 17.9. The summed E-state index contributed by atoms with van der Waals surface area (Å²) in [6, 6.07) is 6.45. The minimum atomic E-state index is 0.0381. The molecule has 156 valence electrons. The molecule has 1 aromatic carbocycles. The van der Waals surface area contributed by atoms with Crippen molar-refractivity contribution in [2.24, 2.45) is 0 Å². The predicted molar refractivity (Wildman–Crippen MR) is 117 cm³/mol. The minimum absolute atomic E-state index is 0.0381. The summed E-state index contributed by atoms with van der Waals surface area (Å²) in [6.07, 6.45) is 0. The topological polar surface area (TPSA) is 65.5 Å². The van der Waals surface area contributed by atoms with Gasteiger partial charge in [-0.15, -0.1) is 11.3 Å². The monoisotopic (exact) mass is 414 g/mol. The summed E-state index contributed by atoms with van der Waals surface area (Å²) in [6.45, 7) is 13.0. The van der Waals surface area contributed by atoms with Gasteiger partial charge in [0.15, 0.2) is 0 Å². The van der Waals surface area contributed by atoms with Gasteiger partial charge < -0.3 is 10.2 Å². The number of nitrogens with one attached hydrogen (secondary N) is 1. The Labute approximate surface area is 176 Å². The number of amides is 2. The maximum Gasteiger partial charge on any atom is 0.265 e. The molecule has 0 aliphatic carbocycles. The van der Waals surface area contributed by atoms with Crippen LogP contribution in [0.3, 0.4) is 0 Å². The van der Waals surface area contributed by atoms with Gasteiger partial charge in [0.05, 0.1) is 12.2 Å². The van der Waals surface area contributed by atoms with E-state index in [1.807, 2.05) is 25.7 Å². The van der Waals surface area contributed by atoms with Crippen LogP contribution < -0.4 is 5.32 Å². The number of carbonyl (C=O) groups excluding carboxylic acids is 2. The van der Waals surface area contributed by atoms with E-state index in [1.165, 1.54) is 22.5 Å². The second-order valence-electron chi connectivity index (χ2n) is 8.04. The Balaban J connectivity index is 1.64. The zero-order chi connectivity index (χ0) is 21.1. The van der Waals surface area contributed by atoms with Crippen LogP contribution in [0.2, 0.25) is 0 Å². The Bertz CT molecular complexity index is 898. The molecule has 1 N–H and O–H groups in total. The summed E-state index contributed by atoms with van der Waals surface area (Å²) in [5.74, 6) is 0.0819. The van der Waals surface area contributed by atoms with Gasteiger partial charge in [-0.3, -0.25) is 14.5 Å². The maximum absolute atomic E-state index is 13.1. The summed E-state index contributed by atoms with van der Waals surface area (Å²) in [5.41, 5.74) is 4.26. The van der Waals surface area contributed by atoms with Gasteiger partial charge in [-0.2, -0.15) is 0 Å². The quantitative estimate of drug-likeness (QED) is 0.817. The number of rotatable bonds is 5. The Hall–Kier alpha value is -2.25. The van der Waals surface area contributed by atoms with Crippen molar-refractivity contribution in [3.05, 3.63) is 39.9 Å². The van der Waals surface area contributed by atoms with E-state index in [9.17, 15) is 9.59 Å². The molecule has 2 aromatic rings. The van der Waals surface area contributed by atoms with Crippen molar-refractivity contribution in [1.29, 1.82) is 0 Å². The molecule has 29 heavy (non-hydrogen) atoms. The van der Waals surface area contributed by atoms with E-state index in [0.717, 1.165) is 16.3 Å². The molecule has 6 nitrogen and oxygen atoms in total. The highest BCUT2D eigenvalue weighted by atomic mass is 32.1. The van der Waals surface area contributed by atoms with E-state index >= 15 is 0 Å². The lowest BCUT2D eigenvalue weighted by atomic mass is 10.1. The molecule has 3 rings (SSSR count). The number of hydrogen-bond donors (Lipinski definition) is 1. The smallest absolute Gasteiger partial charge is 0.265 e. The molecule has 1 aromatic heterocycles. The second-order valence-corrected chi connectivity index (χ2v) is 9.04. The van der Waals surface area contributed by atoms with Gasteiger partial charge in [-0.1, -0.05) is 23.8 Å². The highest BCUT2D eigenvalue weighted by Gasteiger charge is 2.26. The fraction of sp³-hybridized carbons (Fsp3) is 0.500. The van der Waals surface area contributed by atoms with Gasteiger partial charge in [0, 0.05) is 37.8 Å². The number of aromatic nitrogens is 1. The van der Waals surface area contributed by atoms with Crippen LogP contribution in [0.25, 0.3) is 10.6 Å². The molecule has 0 spiro atoms. The molecule has 2 amide bonds. The molecule has 1 aliphatic rings. The summed E-state index contributed by atoms with van der Waals surface area (Å²) in [7, 11) is 0. The van der Waals surface area contributed by atoms with Gasteiger partial charge in [-0.05, 0) is 40.2 Å². The fourth-order valence-electron chi connectivity index (χ4n) is 3.59. The van der Waals surface area contributed by atoms with Crippen LogP contribution in [0.1, 0.15) is 40.3 Å². The van der Waals surface area contributed by atoms with Gasteiger partial charge in [0.25, 0.3) is 5.91 Å². The Morgan fingerprint density at radius 2 is 1.83 bits per heavy atom. The fourth-order valence-corrected chi connectivity index (χ4v) is 4.71. The molecule has 1 aliphatic heterocycles. The van der Waals surface area contributed by atoms with Crippen LogP contribution in [-0.4, -0.2) is 65.4 Å². The number of piperazine rings is 1. The van der Waals surface area contributed by atoms with E-state index in [0.29, 0.717) is 37.6 Å². The lowest BCUT2D eigenvalue weighted by Crippen LogP contribution is -2.51. The number of carbonyl (C=O) groups is 2. The van der Waals surface area contributed by atoms with Crippen LogP contribution >= 0.6 is 11.3 Å². The van der Waals surface area contributed by atoms with Crippen molar-refractivity contribution in [2.75, 3.05) is 32.7 Å². The molecular weight excluding hydrogens is 384 g/mol. The van der Waals surface area contributed by atoms with Gasteiger partial charge in [0.1, 0.15) is 9.88 Å². The molecule has 0 saturated carbocycles. The summed E-state index contributed by atoms with van der Waals surface area (Å²) >= 11 is 1.47. The average Bonchev–Trinajstić information content (AvgIpc) is 3.02. The van der Waals surface area contributed by atoms with Crippen molar-refractivity contribution in [2.45, 2.75) is 40.7 Å². The number of benzene rings is 1. The van der Waals surface area contributed by atoms with Crippen LogP contribution in [0.5, 0.6) is 0 Å². The highest BCUT2D eigenvalue weighted by Crippen LogP contribution is 2.31. The normalized spacial score (nSPS) is 15.0. The van der Waals surface area contributed by atoms with Crippen LogP contribution in [0.4, 0.5) is 0 Å². The van der Waals surface area contributed by atoms with Crippen molar-refractivity contribution in [1.82, 2.24) is 20.1 Å². The predicted octanol–water partition coefficient (Wildman–Crippen LogP) is 3.02. The third-order valence-electron chi connectivity index (χ3n) is 5.08. The molecule has 0 radical (unpaired) electrons. The number of thiazole rings is 1. The van der Waals surface area contributed by atoms with E-state index in [2.05, 4.69) is 47.2 Å². The van der Waals surface area contributed by atoms with E-state index < -0.39 is 0 Å². The first-order valence-electron chi connectivity index (χ1n) is 10.1. The Morgan fingerprint density at radius 3 is 2.45 bits per heavy atom. The lowest BCUT2D eigenvalue weighted by molar-refractivity contribution is -0.123. The van der Waals surface area contributed by atoms with E-state index in [-0.39, 0.29) is 17.9 Å². The van der Waals surface area contributed by atoms with E-state index in [4.69, 9.17) is 0 Å². The largest absolute Gasteiger partial charge is 0.353 e. The molecule has 0 atom stereocenters. The SMILES string of the molecule is Cc1ccc(-c2nc(C)c(C(=O)N3CCN(CC(=O)NC(C)C)CC3)s2)c(C)c1. The van der Waals surface area contributed by atoms with Crippen molar-refractivity contribution < 1.29 is 9.59 Å². The van der Waals surface area contributed by atoms with Crippen molar-refractivity contribution >= 4 is 23.2 Å². The molecule has 0 bridgehead atoms. The third-order valence-corrected chi connectivity index (χ3v) is 6.26. The highest BCUT2D eigenvalue weighted by molar-refractivity contribution is 7.17. The first-order valence-corrected chi connectivity index (χ1v) is 10.9. The van der Waals surface area contributed by atoms with Gasteiger partial charge in [0.2, 0.25) is 5.91 Å². The van der Waals surface area contributed by atoms with Crippen molar-refractivity contribution in [3.63, 3.8) is 0 Å². The maximum atomic E-state index is 13.1. The molecular formula is C22H30N4O2S. The van der Waals surface area contributed by atoms with Crippen LogP contribution in [0.15, 0.2) is 18.2 Å². The van der Waals surface area contributed by atoms with Gasteiger partial charge >= 0.3 is 0 Å². The third kappa shape index (κ3) is 5.22. The minimum Gasteiger partial charge on any atom is -0.353 e. The zero-order valence-corrected chi connectivity index (χ0v) is 18.7. The Morgan fingerprint density at radius 1 is 1.14 bits per heavy atom. The first kappa shape index (κ1) is 21.5. The summed E-state index contributed by atoms with van der Waals surface area (Å²) in [4.78, 5) is 34.4. The summed E-state index contributed by atoms with van der Waals surface area (Å²) < 4.78 is 0. The lowest BCUT2D eigenvalue weighted by Gasteiger charge is -2.34. The van der Waals surface area contributed by atoms with E-state index in [1.54, 1.807) is 0 Å². The molecule has 1 fully saturated rings. The van der Waals surface area contributed by atoms with Crippen LogP contribution in [-0.2, 0) is 4.79 Å². The number of hydrogen-bond acceptors (Lipinski definition) is 5. The number of aryl methyl sites for hydroxylation is 3. The molecule has 2 heterocycles. The Kier molecular flexibility index (Phi) is 6.70. The molecule has 1 saturated heterocycles. The molecule has 7 heteroatoms. The average molecular weight is 415 g/mol. The standard InChI is InChI=1S/C22H30N4O2S/c1-14(2)23-19(27)13-25-8-10-26(11-9-25)22(28)20-17(5)24-21(29-20)18-7-6-15(3)12-16(18)4/h6-7,12,14H,8-11,13H2,1-5H3,(H,23,27). The number of nitrogens with zero attached hydrogens (tertiary/aromatic N) is 3. The van der Waals surface area contributed by atoms with Crippen molar-refractivity contribution in [3.8, 4) is 10.6 Å². The van der Waals surface area contributed by atoms with Gasteiger partial charge in [-0.25, -0.2) is 4.98 Å². The molecule has 0 unspecified atom stereocenters.